The van der Waals surface area contributed by atoms with Crippen molar-refractivity contribution >= 4 is 22.6 Å². The van der Waals surface area contributed by atoms with E-state index in [4.69, 9.17) is 0 Å². The minimum Gasteiger partial charge on any atom is -0.322 e. The summed E-state index contributed by atoms with van der Waals surface area (Å²) in [5.74, 6) is 0. The molecule has 0 radical (unpaired) electrons. The second-order valence-corrected chi connectivity index (χ2v) is 6.92. The zero-order valence-corrected chi connectivity index (χ0v) is 16.2. The van der Waals surface area contributed by atoms with E-state index in [9.17, 15) is 9.59 Å². The van der Waals surface area contributed by atoms with Gasteiger partial charge in [-0.1, -0.05) is 29.8 Å². The number of anilines is 1. The van der Waals surface area contributed by atoms with Gasteiger partial charge in [0.1, 0.15) is 0 Å². The van der Waals surface area contributed by atoms with Gasteiger partial charge >= 0.3 is 6.03 Å². The van der Waals surface area contributed by atoms with Gasteiger partial charge in [-0.3, -0.25) is 4.79 Å². The van der Waals surface area contributed by atoms with E-state index in [0.717, 1.165) is 38.8 Å². The summed E-state index contributed by atoms with van der Waals surface area (Å²) in [6.45, 7) is 8.82. The number of urea groups is 1. The number of H-pyrrole nitrogens is 1. The van der Waals surface area contributed by atoms with Crippen molar-refractivity contribution in [2.75, 3.05) is 11.9 Å². The highest BCUT2D eigenvalue weighted by Gasteiger charge is 2.16. The molecule has 140 valence electrons. The number of rotatable bonds is 4. The van der Waals surface area contributed by atoms with E-state index < -0.39 is 0 Å². The molecule has 0 saturated carbocycles. The third-order valence-electron chi connectivity index (χ3n) is 4.80. The second kappa shape index (κ2) is 7.66. The molecular weight excluding hydrogens is 338 g/mol. The molecule has 0 aliphatic heterocycles. The first-order valence-corrected chi connectivity index (χ1v) is 9.13. The molecule has 1 aromatic heterocycles. The fourth-order valence-electron chi connectivity index (χ4n) is 3.35. The first-order valence-electron chi connectivity index (χ1n) is 9.13. The first-order chi connectivity index (χ1) is 12.9. The van der Waals surface area contributed by atoms with E-state index in [1.54, 1.807) is 11.0 Å². The summed E-state index contributed by atoms with van der Waals surface area (Å²) < 4.78 is 0. The van der Waals surface area contributed by atoms with E-state index in [0.29, 0.717) is 13.1 Å². The van der Waals surface area contributed by atoms with Gasteiger partial charge in [-0.15, -0.1) is 0 Å². The van der Waals surface area contributed by atoms with E-state index >= 15 is 0 Å². The number of aromatic amines is 1. The fourth-order valence-corrected chi connectivity index (χ4v) is 3.35. The van der Waals surface area contributed by atoms with Crippen LogP contribution in [0.15, 0.2) is 47.3 Å². The van der Waals surface area contributed by atoms with Gasteiger partial charge in [0.25, 0.3) is 0 Å². The normalized spacial score (nSPS) is 10.8. The molecule has 5 heteroatoms. The van der Waals surface area contributed by atoms with Crippen molar-refractivity contribution in [1.82, 2.24) is 9.88 Å². The molecule has 2 N–H and O–H groups in total. The Balaban J connectivity index is 1.94. The number of fused-ring (bicyclic) bond motifs is 1. The lowest BCUT2D eigenvalue weighted by molar-refractivity contribution is 0.212. The Labute approximate surface area is 159 Å². The van der Waals surface area contributed by atoms with Crippen LogP contribution in [0, 0.1) is 20.8 Å². The van der Waals surface area contributed by atoms with Gasteiger partial charge in [-0.25, -0.2) is 4.79 Å². The topological polar surface area (TPSA) is 65.2 Å². The van der Waals surface area contributed by atoms with E-state index in [-0.39, 0.29) is 11.6 Å². The quantitative estimate of drug-likeness (QED) is 0.716. The molecule has 0 spiro atoms. The predicted molar refractivity (Wildman–Crippen MR) is 110 cm³/mol. The highest BCUT2D eigenvalue weighted by Crippen LogP contribution is 2.22. The summed E-state index contributed by atoms with van der Waals surface area (Å²) in [5.41, 5.74) is 5.48. The van der Waals surface area contributed by atoms with Crippen LogP contribution in [0.2, 0.25) is 0 Å². The number of para-hydroxylation sites is 1. The molecule has 0 aliphatic carbocycles. The molecule has 1 heterocycles. The number of hydrogen-bond donors (Lipinski definition) is 2. The summed E-state index contributed by atoms with van der Waals surface area (Å²) in [4.78, 5) is 29.6. The Morgan fingerprint density at radius 1 is 1.07 bits per heavy atom. The van der Waals surface area contributed by atoms with Crippen molar-refractivity contribution in [3.63, 3.8) is 0 Å². The molecule has 3 rings (SSSR count). The number of amides is 2. The van der Waals surface area contributed by atoms with Gasteiger partial charge in [0.05, 0.1) is 5.52 Å². The van der Waals surface area contributed by atoms with Crippen molar-refractivity contribution in [3.8, 4) is 0 Å². The number of aromatic nitrogens is 1. The lowest BCUT2D eigenvalue weighted by atomic mass is 10.0. The van der Waals surface area contributed by atoms with E-state index in [2.05, 4.69) is 16.4 Å². The third kappa shape index (κ3) is 4.03. The van der Waals surface area contributed by atoms with Crippen LogP contribution >= 0.6 is 0 Å². The number of carbonyl (C=O) groups is 1. The highest BCUT2D eigenvalue weighted by atomic mass is 16.2. The van der Waals surface area contributed by atoms with Crippen LogP contribution in [0.3, 0.4) is 0 Å². The van der Waals surface area contributed by atoms with Crippen LogP contribution in [0.25, 0.3) is 10.9 Å². The largest absolute Gasteiger partial charge is 0.322 e. The van der Waals surface area contributed by atoms with Crippen LogP contribution < -0.4 is 10.9 Å². The number of benzene rings is 2. The summed E-state index contributed by atoms with van der Waals surface area (Å²) in [7, 11) is 0. The first kappa shape index (κ1) is 18.7. The van der Waals surface area contributed by atoms with Gasteiger partial charge in [-0.2, -0.15) is 0 Å². The monoisotopic (exact) mass is 363 g/mol. The SMILES string of the molecule is CCN(Cc1cc(=O)[nH]c2c(C)cc(C)cc12)C(=O)Nc1ccccc1C. The predicted octanol–water partition coefficient (Wildman–Crippen LogP) is 4.51. The summed E-state index contributed by atoms with van der Waals surface area (Å²) in [6, 6.07) is 13.2. The molecule has 0 aliphatic rings. The average molecular weight is 363 g/mol. The molecule has 0 saturated heterocycles. The van der Waals surface area contributed by atoms with Crippen molar-refractivity contribution in [2.45, 2.75) is 34.2 Å². The van der Waals surface area contributed by atoms with Crippen LogP contribution in [0.1, 0.15) is 29.2 Å². The zero-order chi connectivity index (χ0) is 19.6. The molecular formula is C22H25N3O2. The zero-order valence-electron chi connectivity index (χ0n) is 16.2. The van der Waals surface area contributed by atoms with Gasteiger partial charge in [0.15, 0.2) is 0 Å². The number of aryl methyl sites for hydroxylation is 3. The molecule has 0 bridgehead atoms. The fraction of sp³-hybridized carbons (Fsp3) is 0.273. The van der Waals surface area contributed by atoms with Crippen molar-refractivity contribution in [2.24, 2.45) is 0 Å². The molecule has 5 nitrogen and oxygen atoms in total. The Hall–Kier alpha value is -3.08. The summed E-state index contributed by atoms with van der Waals surface area (Å²) >= 11 is 0. The maximum Gasteiger partial charge on any atom is 0.322 e. The average Bonchev–Trinajstić information content (AvgIpc) is 2.62. The Bertz CT molecular complexity index is 1050. The molecule has 0 atom stereocenters. The molecule has 3 aromatic rings. The number of nitrogens with one attached hydrogen (secondary N) is 2. The maximum atomic E-state index is 12.8. The number of hydrogen-bond acceptors (Lipinski definition) is 2. The van der Waals surface area contributed by atoms with Crippen LogP contribution in [-0.4, -0.2) is 22.5 Å². The second-order valence-electron chi connectivity index (χ2n) is 6.92. The molecule has 27 heavy (non-hydrogen) atoms. The number of pyridine rings is 1. The van der Waals surface area contributed by atoms with Crippen molar-refractivity contribution in [1.29, 1.82) is 0 Å². The molecule has 0 fully saturated rings. The summed E-state index contributed by atoms with van der Waals surface area (Å²) in [5, 5.41) is 3.95. The highest BCUT2D eigenvalue weighted by molar-refractivity contribution is 5.91. The number of carbonyl (C=O) groups excluding carboxylic acids is 1. The minimum atomic E-state index is -0.176. The summed E-state index contributed by atoms with van der Waals surface area (Å²) in [6.07, 6.45) is 0. The van der Waals surface area contributed by atoms with Gasteiger partial charge in [0.2, 0.25) is 5.56 Å². The molecule has 2 aromatic carbocycles. The lowest BCUT2D eigenvalue weighted by Gasteiger charge is -2.23. The van der Waals surface area contributed by atoms with Crippen LogP contribution in [0.4, 0.5) is 10.5 Å². The van der Waals surface area contributed by atoms with Crippen molar-refractivity contribution < 1.29 is 4.79 Å². The molecule has 2 amide bonds. The Morgan fingerprint density at radius 3 is 2.52 bits per heavy atom. The molecule has 0 unspecified atom stereocenters. The Morgan fingerprint density at radius 2 is 1.81 bits per heavy atom. The van der Waals surface area contributed by atoms with Gasteiger partial charge < -0.3 is 15.2 Å². The van der Waals surface area contributed by atoms with Crippen molar-refractivity contribution in [3.05, 3.63) is 75.1 Å². The standard InChI is InChI=1S/C22H25N3O2/c1-5-25(22(27)23-19-9-7-6-8-15(19)3)13-17-12-20(26)24-21-16(4)10-14(2)11-18(17)21/h6-12H,5,13H2,1-4H3,(H,23,27)(H,24,26). The number of nitrogens with zero attached hydrogens (tertiary/aromatic N) is 1. The maximum absolute atomic E-state index is 12.8. The minimum absolute atomic E-state index is 0.153. The van der Waals surface area contributed by atoms with Gasteiger partial charge in [-0.05, 0) is 56.5 Å². The van der Waals surface area contributed by atoms with Crippen LogP contribution in [-0.2, 0) is 6.54 Å². The van der Waals surface area contributed by atoms with E-state index in [1.165, 1.54) is 0 Å². The van der Waals surface area contributed by atoms with E-state index in [1.807, 2.05) is 58.0 Å². The van der Waals surface area contributed by atoms with Crippen LogP contribution in [0.5, 0.6) is 0 Å². The smallest absolute Gasteiger partial charge is 0.322 e. The lowest BCUT2D eigenvalue weighted by Crippen LogP contribution is -2.34. The third-order valence-corrected chi connectivity index (χ3v) is 4.80. The Kier molecular flexibility index (Phi) is 5.31. The van der Waals surface area contributed by atoms with Gasteiger partial charge in [0, 0.05) is 30.2 Å².